The number of carbonyl (C=O) groups is 2. The summed E-state index contributed by atoms with van der Waals surface area (Å²) in [6.45, 7) is 2.41. The molecule has 0 radical (unpaired) electrons. The number of aryl methyl sites for hydroxylation is 1. The minimum absolute atomic E-state index is 0.129. The number of hydrogen-bond acceptors (Lipinski definition) is 6. The van der Waals surface area contributed by atoms with E-state index in [1.807, 2.05) is 19.1 Å². The third-order valence-electron chi connectivity index (χ3n) is 4.03. The van der Waals surface area contributed by atoms with E-state index in [9.17, 15) is 9.59 Å². The fourth-order valence-corrected chi connectivity index (χ4v) is 3.64. The largest absolute Gasteiger partial charge is 0.453 e. The van der Waals surface area contributed by atoms with Gasteiger partial charge in [-0.25, -0.2) is 9.78 Å². The van der Waals surface area contributed by atoms with Crippen LogP contribution < -0.4 is 4.90 Å². The summed E-state index contributed by atoms with van der Waals surface area (Å²) < 4.78 is 4.71. The van der Waals surface area contributed by atoms with Crippen molar-refractivity contribution in [3.05, 3.63) is 30.2 Å². The van der Waals surface area contributed by atoms with E-state index in [1.54, 1.807) is 24.3 Å². The van der Waals surface area contributed by atoms with Crippen LogP contribution in [-0.4, -0.2) is 53.6 Å². The van der Waals surface area contributed by atoms with Crippen LogP contribution in [0.25, 0.3) is 10.6 Å². The van der Waals surface area contributed by atoms with Crippen LogP contribution in [0.5, 0.6) is 0 Å². The quantitative estimate of drug-likeness (QED) is 0.852. The van der Waals surface area contributed by atoms with Gasteiger partial charge in [0, 0.05) is 31.5 Å². The second kappa shape index (κ2) is 6.56. The number of ether oxygens (including phenoxy) is 1. The van der Waals surface area contributed by atoms with Gasteiger partial charge < -0.3 is 9.64 Å². The zero-order chi connectivity index (χ0) is 17.3. The first-order chi connectivity index (χ1) is 11.5. The highest BCUT2D eigenvalue weighted by molar-refractivity contribution is 7.19. The molecule has 0 spiro atoms. The molecule has 0 saturated carbocycles. The molecule has 1 aliphatic heterocycles. The molecular weight excluding hydrogens is 328 g/mol. The molecule has 0 aromatic carbocycles. The summed E-state index contributed by atoms with van der Waals surface area (Å²) in [5.74, 6) is -0.129. The average molecular weight is 346 g/mol. The van der Waals surface area contributed by atoms with Gasteiger partial charge in [0.2, 0.25) is 5.91 Å². The highest BCUT2D eigenvalue weighted by atomic mass is 32.1. The summed E-state index contributed by atoms with van der Waals surface area (Å²) >= 11 is 1.44. The number of aromatic nitrogens is 2. The maximum Gasteiger partial charge on any atom is 0.410 e. The summed E-state index contributed by atoms with van der Waals surface area (Å²) in [5, 5.41) is 1.59. The molecular formula is C16H18N4O3S. The number of anilines is 1. The predicted octanol–water partition coefficient (Wildman–Crippen LogP) is 2.32. The molecule has 8 heteroatoms. The third kappa shape index (κ3) is 2.84. The van der Waals surface area contributed by atoms with Crippen molar-refractivity contribution in [2.24, 2.45) is 0 Å². The Morgan fingerprint density at radius 1 is 1.46 bits per heavy atom. The Morgan fingerprint density at radius 2 is 2.25 bits per heavy atom. The van der Waals surface area contributed by atoms with Crippen LogP contribution in [0.1, 0.15) is 12.1 Å². The van der Waals surface area contributed by atoms with E-state index in [0.717, 1.165) is 21.3 Å². The van der Waals surface area contributed by atoms with Gasteiger partial charge in [0.05, 0.1) is 12.8 Å². The number of carbonyl (C=O) groups excluding carboxylic acids is 2. The zero-order valence-corrected chi connectivity index (χ0v) is 14.5. The highest BCUT2D eigenvalue weighted by Gasteiger charge is 2.40. The number of likely N-dealkylation sites (N-methyl/N-ethyl adjacent to an activating group) is 1. The molecule has 7 nitrogen and oxygen atoms in total. The van der Waals surface area contributed by atoms with Crippen molar-refractivity contribution >= 4 is 28.3 Å². The number of thiazole rings is 1. The highest BCUT2D eigenvalue weighted by Crippen LogP contribution is 2.34. The number of pyridine rings is 1. The summed E-state index contributed by atoms with van der Waals surface area (Å²) in [7, 11) is 3.03. The molecule has 0 N–H and O–H groups in total. The van der Waals surface area contributed by atoms with Gasteiger partial charge in [-0.2, -0.15) is 0 Å². The topological polar surface area (TPSA) is 75.6 Å². The van der Waals surface area contributed by atoms with E-state index < -0.39 is 12.1 Å². The Morgan fingerprint density at radius 3 is 2.83 bits per heavy atom. The van der Waals surface area contributed by atoms with Gasteiger partial charge in [-0.15, -0.1) is 0 Å². The average Bonchev–Trinajstić information content (AvgIpc) is 2.95. The molecule has 1 atom stereocenters. The van der Waals surface area contributed by atoms with Crippen LogP contribution in [-0.2, 0) is 9.53 Å². The second-order valence-electron chi connectivity index (χ2n) is 5.52. The standard InChI is InChI=1S/C16H18N4O3S/c1-10-15(24-13(18-10)11-5-4-7-17-9-11)19(2)14(21)12-6-8-20(12)16(22)23-3/h4-5,7,9,12H,6,8H2,1-3H3. The van der Waals surface area contributed by atoms with Crippen molar-refractivity contribution < 1.29 is 14.3 Å². The van der Waals surface area contributed by atoms with Gasteiger partial charge in [-0.1, -0.05) is 11.3 Å². The van der Waals surface area contributed by atoms with Crippen molar-refractivity contribution in [1.29, 1.82) is 0 Å². The first kappa shape index (κ1) is 16.4. The molecule has 0 aliphatic carbocycles. The van der Waals surface area contributed by atoms with Gasteiger partial charge in [-0.05, 0) is 25.5 Å². The number of methoxy groups -OCH3 is 1. The maximum atomic E-state index is 12.7. The summed E-state index contributed by atoms with van der Waals surface area (Å²) in [4.78, 5) is 36.0. The number of amides is 2. The van der Waals surface area contributed by atoms with E-state index in [0.29, 0.717) is 13.0 Å². The normalized spacial score (nSPS) is 16.5. The fraction of sp³-hybridized carbons (Fsp3) is 0.375. The molecule has 1 unspecified atom stereocenters. The van der Waals surface area contributed by atoms with E-state index in [2.05, 4.69) is 9.97 Å². The lowest BCUT2D eigenvalue weighted by molar-refractivity contribution is -0.126. The monoisotopic (exact) mass is 346 g/mol. The minimum Gasteiger partial charge on any atom is -0.453 e. The van der Waals surface area contributed by atoms with Gasteiger partial charge in [-0.3, -0.25) is 14.7 Å². The molecule has 1 aliphatic rings. The number of hydrogen-bond donors (Lipinski definition) is 0. The summed E-state index contributed by atoms with van der Waals surface area (Å²) in [6.07, 6.45) is 3.63. The molecule has 2 aromatic heterocycles. The van der Waals surface area contributed by atoms with E-state index in [4.69, 9.17) is 4.74 Å². The Balaban J connectivity index is 1.80. The van der Waals surface area contributed by atoms with Crippen LogP contribution in [0.2, 0.25) is 0 Å². The zero-order valence-electron chi connectivity index (χ0n) is 13.7. The summed E-state index contributed by atoms with van der Waals surface area (Å²) in [6, 6.07) is 3.32. The molecule has 0 bridgehead atoms. The van der Waals surface area contributed by atoms with E-state index in [-0.39, 0.29) is 5.91 Å². The van der Waals surface area contributed by atoms with Crippen molar-refractivity contribution in [2.45, 2.75) is 19.4 Å². The van der Waals surface area contributed by atoms with Crippen molar-refractivity contribution in [3.63, 3.8) is 0 Å². The molecule has 126 valence electrons. The number of nitrogens with zero attached hydrogens (tertiary/aromatic N) is 4. The van der Waals surface area contributed by atoms with Gasteiger partial charge in [0.15, 0.2) is 0 Å². The number of rotatable bonds is 3. The predicted molar refractivity (Wildman–Crippen MR) is 91.0 cm³/mol. The van der Waals surface area contributed by atoms with E-state index in [1.165, 1.54) is 23.3 Å². The Hall–Kier alpha value is -2.48. The maximum absolute atomic E-state index is 12.7. The lowest BCUT2D eigenvalue weighted by Gasteiger charge is -2.39. The van der Waals surface area contributed by atoms with Crippen molar-refractivity contribution in [1.82, 2.24) is 14.9 Å². The van der Waals surface area contributed by atoms with Crippen molar-refractivity contribution in [3.8, 4) is 10.6 Å². The SMILES string of the molecule is COC(=O)N1CCC1C(=O)N(C)c1sc(-c2cccnc2)nc1C. The molecule has 2 amide bonds. The van der Waals surface area contributed by atoms with Crippen LogP contribution >= 0.6 is 11.3 Å². The molecule has 3 rings (SSSR count). The lowest BCUT2D eigenvalue weighted by Crippen LogP contribution is -2.58. The van der Waals surface area contributed by atoms with Crippen LogP contribution in [0.15, 0.2) is 24.5 Å². The van der Waals surface area contributed by atoms with Crippen molar-refractivity contribution in [2.75, 3.05) is 25.6 Å². The van der Waals surface area contributed by atoms with Crippen LogP contribution in [0.3, 0.4) is 0 Å². The van der Waals surface area contributed by atoms with Gasteiger partial charge in [0.25, 0.3) is 0 Å². The van der Waals surface area contributed by atoms with Crippen LogP contribution in [0, 0.1) is 6.92 Å². The third-order valence-corrected chi connectivity index (χ3v) is 5.31. The molecule has 2 aromatic rings. The second-order valence-corrected chi connectivity index (χ2v) is 6.49. The Bertz CT molecular complexity index is 762. The first-order valence-electron chi connectivity index (χ1n) is 7.53. The molecule has 1 fully saturated rings. The van der Waals surface area contributed by atoms with Crippen LogP contribution in [0.4, 0.5) is 9.80 Å². The van der Waals surface area contributed by atoms with Gasteiger partial charge >= 0.3 is 6.09 Å². The van der Waals surface area contributed by atoms with E-state index >= 15 is 0 Å². The first-order valence-corrected chi connectivity index (χ1v) is 8.34. The molecule has 24 heavy (non-hydrogen) atoms. The lowest BCUT2D eigenvalue weighted by atomic mass is 10.0. The Kier molecular flexibility index (Phi) is 4.48. The molecule has 3 heterocycles. The minimum atomic E-state index is -0.468. The Labute approximate surface area is 143 Å². The summed E-state index contributed by atoms with van der Waals surface area (Å²) in [5.41, 5.74) is 1.69. The smallest absolute Gasteiger partial charge is 0.410 e. The fourth-order valence-electron chi connectivity index (χ4n) is 2.62. The molecule has 1 saturated heterocycles. The van der Waals surface area contributed by atoms with Gasteiger partial charge in [0.1, 0.15) is 16.1 Å². The number of likely N-dealkylation sites (tertiary alicyclic amines) is 1.